The summed E-state index contributed by atoms with van der Waals surface area (Å²) in [5.41, 5.74) is 3.94. The predicted molar refractivity (Wildman–Crippen MR) is 97.9 cm³/mol. The van der Waals surface area contributed by atoms with Gasteiger partial charge < -0.3 is 9.84 Å². The summed E-state index contributed by atoms with van der Waals surface area (Å²) in [4.78, 5) is 8.84. The third-order valence-corrected chi connectivity index (χ3v) is 3.93. The van der Waals surface area contributed by atoms with Crippen LogP contribution in [-0.4, -0.2) is 24.9 Å². The highest BCUT2D eigenvalue weighted by Crippen LogP contribution is 2.18. The van der Waals surface area contributed by atoms with Crippen LogP contribution in [0.25, 0.3) is 17.3 Å². The monoisotopic (exact) mass is 346 g/mol. The zero-order valence-corrected chi connectivity index (χ0v) is 14.5. The predicted octanol–water partition coefficient (Wildman–Crippen LogP) is 3.55. The van der Waals surface area contributed by atoms with Crippen LogP contribution in [-0.2, 0) is 6.54 Å². The molecule has 0 aliphatic rings. The lowest BCUT2D eigenvalue weighted by Gasteiger charge is -2.05. The van der Waals surface area contributed by atoms with Crippen LogP contribution in [0, 0.1) is 13.8 Å². The van der Waals surface area contributed by atoms with E-state index in [1.807, 2.05) is 73.3 Å². The van der Waals surface area contributed by atoms with Crippen molar-refractivity contribution < 1.29 is 4.52 Å². The fourth-order valence-corrected chi connectivity index (χ4v) is 2.68. The van der Waals surface area contributed by atoms with Crippen LogP contribution in [0.2, 0.25) is 0 Å². The minimum absolute atomic E-state index is 0.450. The van der Waals surface area contributed by atoms with Crippen LogP contribution in [0.15, 0.2) is 59.3 Å². The lowest BCUT2D eigenvalue weighted by molar-refractivity contribution is 0.432. The summed E-state index contributed by atoms with van der Waals surface area (Å²) in [7, 11) is 0. The van der Waals surface area contributed by atoms with Crippen molar-refractivity contribution in [2.45, 2.75) is 20.4 Å². The third-order valence-electron chi connectivity index (χ3n) is 3.93. The second-order valence-electron chi connectivity index (χ2n) is 6.01. The Hall–Kier alpha value is -3.48. The van der Waals surface area contributed by atoms with E-state index in [1.165, 1.54) is 0 Å². The number of aryl methyl sites for hydroxylation is 2. The second kappa shape index (κ2) is 6.79. The normalized spacial score (nSPS) is 10.8. The van der Waals surface area contributed by atoms with E-state index < -0.39 is 0 Å². The Morgan fingerprint density at radius 3 is 2.62 bits per heavy atom. The van der Waals surface area contributed by atoms with Crippen molar-refractivity contribution >= 4 is 5.95 Å². The maximum Gasteiger partial charge on any atom is 0.264 e. The van der Waals surface area contributed by atoms with Gasteiger partial charge in [-0.25, -0.2) is 9.67 Å². The zero-order chi connectivity index (χ0) is 17.9. The van der Waals surface area contributed by atoms with E-state index in [9.17, 15) is 0 Å². The molecule has 0 radical (unpaired) electrons. The second-order valence-corrected chi connectivity index (χ2v) is 6.01. The maximum atomic E-state index is 5.28. The van der Waals surface area contributed by atoms with Crippen molar-refractivity contribution in [2.75, 3.05) is 5.32 Å². The first-order valence-electron chi connectivity index (χ1n) is 8.30. The van der Waals surface area contributed by atoms with Gasteiger partial charge in [-0.3, -0.25) is 0 Å². The summed E-state index contributed by atoms with van der Waals surface area (Å²) in [6.45, 7) is 4.53. The van der Waals surface area contributed by atoms with Crippen molar-refractivity contribution in [3.8, 4) is 17.3 Å². The first kappa shape index (κ1) is 16.0. The number of pyridine rings is 1. The van der Waals surface area contributed by atoms with Gasteiger partial charge in [-0.15, -0.1) is 0 Å². The Morgan fingerprint density at radius 1 is 1.08 bits per heavy atom. The molecule has 0 amide bonds. The summed E-state index contributed by atoms with van der Waals surface area (Å²) in [5.74, 6) is 1.74. The SMILES string of the molecule is Cc1cc(C)n(-c2ccc(CNc3noc(-c4ccccc4)n3)cn2)n1. The van der Waals surface area contributed by atoms with Crippen LogP contribution < -0.4 is 5.32 Å². The van der Waals surface area contributed by atoms with E-state index in [2.05, 4.69) is 25.5 Å². The van der Waals surface area contributed by atoms with Gasteiger partial charge in [0.05, 0.1) is 5.69 Å². The summed E-state index contributed by atoms with van der Waals surface area (Å²) < 4.78 is 7.11. The molecule has 0 saturated carbocycles. The minimum atomic E-state index is 0.450. The number of aromatic nitrogens is 5. The van der Waals surface area contributed by atoms with Gasteiger partial charge in [0.1, 0.15) is 0 Å². The Bertz CT molecular complexity index is 1000. The molecule has 7 heteroatoms. The van der Waals surface area contributed by atoms with Crippen LogP contribution in [0.4, 0.5) is 5.95 Å². The Labute approximate surface area is 150 Å². The van der Waals surface area contributed by atoms with Gasteiger partial charge in [-0.1, -0.05) is 24.3 Å². The molecule has 3 heterocycles. The molecule has 0 atom stereocenters. The zero-order valence-electron chi connectivity index (χ0n) is 14.5. The molecule has 130 valence electrons. The number of rotatable bonds is 5. The molecule has 0 bridgehead atoms. The Morgan fingerprint density at radius 2 is 1.92 bits per heavy atom. The van der Waals surface area contributed by atoms with Gasteiger partial charge in [0, 0.05) is 24.0 Å². The van der Waals surface area contributed by atoms with Crippen molar-refractivity contribution in [3.63, 3.8) is 0 Å². The molecule has 0 unspecified atom stereocenters. The van der Waals surface area contributed by atoms with Gasteiger partial charge >= 0.3 is 0 Å². The van der Waals surface area contributed by atoms with Crippen molar-refractivity contribution in [1.29, 1.82) is 0 Å². The van der Waals surface area contributed by atoms with Gasteiger partial charge in [0.2, 0.25) is 0 Å². The van der Waals surface area contributed by atoms with E-state index in [1.54, 1.807) is 0 Å². The lowest BCUT2D eigenvalue weighted by Crippen LogP contribution is -2.05. The average Bonchev–Trinajstić information content (AvgIpc) is 3.27. The lowest BCUT2D eigenvalue weighted by atomic mass is 10.2. The summed E-state index contributed by atoms with van der Waals surface area (Å²) in [6, 6.07) is 15.6. The van der Waals surface area contributed by atoms with Gasteiger partial charge in [-0.05, 0) is 48.8 Å². The number of anilines is 1. The smallest absolute Gasteiger partial charge is 0.264 e. The molecule has 0 spiro atoms. The quantitative estimate of drug-likeness (QED) is 0.595. The van der Waals surface area contributed by atoms with Gasteiger partial charge in [0.15, 0.2) is 5.82 Å². The Balaban J connectivity index is 1.42. The van der Waals surface area contributed by atoms with E-state index >= 15 is 0 Å². The molecular formula is C19H18N6O. The molecule has 0 fully saturated rings. The molecular weight excluding hydrogens is 328 g/mol. The fourth-order valence-electron chi connectivity index (χ4n) is 2.68. The first-order valence-corrected chi connectivity index (χ1v) is 8.30. The van der Waals surface area contributed by atoms with E-state index in [0.717, 1.165) is 28.3 Å². The highest BCUT2D eigenvalue weighted by molar-refractivity contribution is 5.53. The van der Waals surface area contributed by atoms with Crippen LogP contribution in [0.1, 0.15) is 17.0 Å². The molecule has 4 aromatic rings. The number of benzene rings is 1. The van der Waals surface area contributed by atoms with Crippen molar-refractivity contribution in [3.05, 3.63) is 71.7 Å². The molecule has 3 aromatic heterocycles. The first-order chi connectivity index (χ1) is 12.7. The highest BCUT2D eigenvalue weighted by Gasteiger charge is 2.08. The Kier molecular flexibility index (Phi) is 4.18. The van der Waals surface area contributed by atoms with Crippen molar-refractivity contribution in [2.24, 2.45) is 0 Å². The summed E-state index contributed by atoms with van der Waals surface area (Å²) in [5, 5.41) is 11.5. The minimum Gasteiger partial charge on any atom is -0.347 e. The van der Waals surface area contributed by atoms with Crippen LogP contribution in [0.5, 0.6) is 0 Å². The molecule has 0 aliphatic heterocycles. The van der Waals surface area contributed by atoms with E-state index in [-0.39, 0.29) is 0 Å². The molecule has 7 nitrogen and oxygen atoms in total. The standard InChI is InChI=1S/C19H18N6O/c1-13-10-14(2)25(23-13)17-9-8-15(11-20-17)12-21-19-22-18(26-24-19)16-6-4-3-5-7-16/h3-11H,12H2,1-2H3,(H,21,24). The van der Waals surface area contributed by atoms with E-state index in [4.69, 9.17) is 4.52 Å². The molecule has 0 saturated heterocycles. The topological polar surface area (TPSA) is 81.7 Å². The fraction of sp³-hybridized carbons (Fsp3) is 0.158. The van der Waals surface area contributed by atoms with Gasteiger partial charge in [0.25, 0.3) is 11.8 Å². The molecule has 0 aliphatic carbocycles. The largest absolute Gasteiger partial charge is 0.347 e. The highest BCUT2D eigenvalue weighted by atomic mass is 16.5. The summed E-state index contributed by atoms with van der Waals surface area (Å²) >= 11 is 0. The molecule has 26 heavy (non-hydrogen) atoms. The number of nitrogens with zero attached hydrogens (tertiary/aromatic N) is 5. The molecule has 1 aromatic carbocycles. The molecule has 4 rings (SSSR count). The number of nitrogens with one attached hydrogen (secondary N) is 1. The average molecular weight is 346 g/mol. The van der Waals surface area contributed by atoms with Crippen LogP contribution in [0.3, 0.4) is 0 Å². The number of hydrogen-bond acceptors (Lipinski definition) is 6. The summed E-state index contributed by atoms with van der Waals surface area (Å²) in [6.07, 6.45) is 1.82. The number of hydrogen-bond donors (Lipinski definition) is 1. The van der Waals surface area contributed by atoms with E-state index in [0.29, 0.717) is 18.4 Å². The molecule has 1 N–H and O–H groups in total. The van der Waals surface area contributed by atoms with Crippen molar-refractivity contribution in [1.82, 2.24) is 24.9 Å². The van der Waals surface area contributed by atoms with Gasteiger partial charge in [-0.2, -0.15) is 10.1 Å². The third kappa shape index (κ3) is 3.32. The maximum absolute atomic E-state index is 5.28. The van der Waals surface area contributed by atoms with Crippen LogP contribution >= 0.6 is 0 Å².